The number of rotatable bonds is 2. The van der Waals surface area contributed by atoms with Crippen molar-refractivity contribution in [2.24, 2.45) is 5.92 Å². The van der Waals surface area contributed by atoms with Gasteiger partial charge in [0.2, 0.25) is 0 Å². The highest BCUT2D eigenvalue weighted by Gasteiger charge is 2.26. The Hall–Kier alpha value is -1.78. The second-order valence-electron chi connectivity index (χ2n) is 4.27. The van der Waals surface area contributed by atoms with Crippen molar-refractivity contribution in [2.75, 3.05) is 13.1 Å². The van der Waals surface area contributed by atoms with Crippen molar-refractivity contribution in [2.45, 2.75) is 19.8 Å². The molecule has 1 amide bonds. The number of hydrogen-bond donors (Lipinski definition) is 0. The van der Waals surface area contributed by atoms with Crippen LogP contribution in [0.1, 0.15) is 30.3 Å². The molecule has 0 N–H and O–H groups in total. The van der Waals surface area contributed by atoms with Gasteiger partial charge in [0, 0.05) is 31.4 Å². The van der Waals surface area contributed by atoms with Gasteiger partial charge in [-0.3, -0.25) is 14.6 Å². The molecule has 0 aliphatic carbocycles. The third kappa shape index (κ3) is 2.67. The van der Waals surface area contributed by atoms with Crippen molar-refractivity contribution in [1.82, 2.24) is 14.9 Å². The highest BCUT2D eigenvalue weighted by molar-refractivity contribution is 5.92. The number of amides is 1. The molecule has 0 atom stereocenters. The molecule has 0 unspecified atom stereocenters. The number of piperidine rings is 1. The third-order valence-corrected chi connectivity index (χ3v) is 3.14. The lowest BCUT2D eigenvalue weighted by Gasteiger charge is -2.30. The number of hydrogen-bond acceptors (Lipinski definition) is 4. The molecule has 90 valence electrons. The molecule has 0 spiro atoms. The van der Waals surface area contributed by atoms with Crippen molar-refractivity contribution in [3.63, 3.8) is 0 Å². The quantitative estimate of drug-likeness (QED) is 0.762. The summed E-state index contributed by atoms with van der Waals surface area (Å²) >= 11 is 0. The SMILES string of the molecule is CC(=O)C1CCN(C(=O)c2cnccn2)CC1. The van der Waals surface area contributed by atoms with Crippen LogP contribution in [-0.4, -0.2) is 39.6 Å². The standard InChI is InChI=1S/C12H15N3O2/c1-9(16)10-2-6-15(7-3-10)12(17)11-8-13-4-5-14-11/h4-5,8,10H,2-3,6-7H2,1H3. The number of likely N-dealkylation sites (tertiary alicyclic amines) is 1. The van der Waals surface area contributed by atoms with Crippen LogP contribution in [0, 0.1) is 5.92 Å². The first-order chi connectivity index (χ1) is 8.18. The number of carbonyl (C=O) groups excluding carboxylic acids is 2. The smallest absolute Gasteiger partial charge is 0.274 e. The summed E-state index contributed by atoms with van der Waals surface area (Å²) in [5.74, 6) is 0.234. The van der Waals surface area contributed by atoms with E-state index in [1.165, 1.54) is 12.4 Å². The Kier molecular flexibility index (Phi) is 3.46. The first-order valence-electron chi connectivity index (χ1n) is 5.74. The summed E-state index contributed by atoms with van der Waals surface area (Å²) < 4.78 is 0. The maximum Gasteiger partial charge on any atom is 0.274 e. The lowest BCUT2D eigenvalue weighted by atomic mass is 9.93. The summed E-state index contributed by atoms with van der Waals surface area (Å²) in [4.78, 5) is 32.8. The van der Waals surface area contributed by atoms with Gasteiger partial charge in [-0.2, -0.15) is 0 Å². The molecule has 1 aromatic heterocycles. The summed E-state index contributed by atoms with van der Waals surface area (Å²) in [6.07, 6.45) is 6.02. The Labute approximate surface area is 99.9 Å². The third-order valence-electron chi connectivity index (χ3n) is 3.14. The van der Waals surface area contributed by atoms with Gasteiger partial charge < -0.3 is 4.90 Å². The molecule has 17 heavy (non-hydrogen) atoms. The Morgan fingerprint density at radius 1 is 1.29 bits per heavy atom. The monoisotopic (exact) mass is 233 g/mol. The molecule has 0 aromatic carbocycles. The molecule has 5 heteroatoms. The van der Waals surface area contributed by atoms with Gasteiger partial charge in [0.15, 0.2) is 0 Å². The van der Waals surface area contributed by atoms with Crippen molar-refractivity contribution < 1.29 is 9.59 Å². The molecular formula is C12H15N3O2. The Morgan fingerprint density at radius 3 is 2.53 bits per heavy atom. The van der Waals surface area contributed by atoms with Crippen LogP contribution >= 0.6 is 0 Å². The van der Waals surface area contributed by atoms with Crippen molar-refractivity contribution in [3.8, 4) is 0 Å². The Balaban J connectivity index is 1.98. The van der Waals surface area contributed by atoms with Crippen molar-refractivity contribution in [3.05, 3.63) is 24.3 Å². The topological polar surface area (TPSA) is 63.2 Å². The number of aromatic nitrogens is 2. The summed E-state index contributed by atoms with van der Waals surface area (Å²) in [6.45, 7) is 2.87. The molecule has 1 fully saturated rings. The van der Waals surface area contributed by atoms with Gasteiger partial charge in [-0.25, -0.2) is 4.98 Å². The highest BCUT2D eigenvalue weighted by Crippen LogP contribution is 2.19. The van der Waals surface area contributed by atoms with Gasteiger partial charge in [-0.05, 0) is 19.8 Å². The van der Waals surface area contributed by atoms with E-state index in [1.54, 1.807) is 18.0 Å². The second-order valence-corrected chi connectivity index (χ2v) is 4.27. The van der Waals surface area contributed by atoms with Crippen LogP contribution in [0.2, 0.25) is 0 Å². The van der Waals surface area contributed by atoms with Gasteiger partial charge >= 0.3 is 0 Å². The molecule has 0 radical (unpaired) electrons. The molecular weight excluding hydrogens is 218 g/mol. The predicted octanol–water partition coefficient (Wildman–Crippen LogP) is 0.918. The summed E-state index contributed by atoms with van der Waals surface area (Å²) in [5.41, 5.74) is 0.369. The summed E-state index contributed by atoms with van der Waals surface area (Å²) in [7, 11) is 0. The predicted molar refractivity (Wildman–Crippen MR) is 61.3 cm³/mol. The zero-order valence-electron chi connectivity index (χ0n) is 9.80. The molecule has 0 bridgehead atoms. The van der Waals surface area contributed by atoms with Gasteiger partial charge in [0.05, 0.1) is 6.20 Å². The molecule has 1 aliphatic heterocycles. The molecule has 2 rings (SSSR count). The Morgan fingerprint density at radius 2 is 2.00 bits per heavy atom. The number of nitrogens with zero attached hydrogens (tertiary/aromatic N) is 3. The number of carbonyl (C=O) groups is 2. The van der Waals surface area contributed by atoms with Crippen LogP contribution in [-0.2, 0) is 4.79 Å². The van der Waals surface area contributed by atoms with Gasteiger partial charge in [-0.15, -0.1) is 0 Å². The van der Waals surface area contributed by atoms with E-state index in [2.05, 4.69) is 9.97 Å². The fourth-order valence-corrected chi connectivity index (χ4v) is 2.06. The molecule has 1 saturated heterocycles. The average molecular weight is 233 g/mol. The molecule has 1 aliphatic rings. The van der Waals surface area contributed by atoms with E-state index in [1.807, 2.05) is 0 Å². The zero-order valence-corrected chi connectivity index (χ0v) is 9.80. The van der Waals surface area contributed by atoms with Gasteiger partial charge in [0.25, 0.3) is 5.91 Å². The van der Waals surface area contributed by atoms with Crippen LogP contribution in [0.5, 0.6) is 0 Å². The normalized spacial score (nSPS) is 16.9. The van der Waals surface area contributed by atoms with E-state index in [0.717, 1.165) is 12.8 Å². The van der Waals surface area contributed by atoms with E-state index in [9.17, 15) is 9.59 Å². The number of ketones is 1. The first kappa shape index (κ1) is 11.7. The van der Waals surface area contributed by atoms with Crippen molar-refractivity contribution in [1.29, 1.82) is 0 Å². The van der Waals surface area contributed by atoms with E-state index in [-0.39, 0.29) is 17.6 Å². The molecule has 2 heterocycles. The fourth-order valence-electron chi connectivity index (χ4n) is 2.06. The molecule has 5 nitrogen and oxygen atoms in total. The minimum atomic E-state index is -0.0971. The first-order valence-corrected chi connectivity index (χ1v) is 5.74. The van der Waals surface area contributed by atoms with Crippen molar-refractivity contribution >= 4 is 11.7 Å². The van der Waals surface area contributed by atoms with Crippen LogP contribution in [0.3, 0.4) is 0 Å². The van der Waals surface area contributed by atoms with E-state index in [0.29, 0.717) is 18.8 Å². The highest BCUT2D eigenvalue weighted by atomic mass is 16.2. The minimum Gasteiger partial charge on any atom is -0.337 e. The molecule has 0 saturated carbocycles. The maximum absolute atomic E-state index is 12.0. The van der Waals surface area contributed by atoms with Crippen LogP contribution in [0.4, 0.5) is 0 Å². The van der Waals surface area contributed by atoms with Crippen LogP contribution in [0.15, 0.2) is 18.6 Å². The summed E-state index contributed by atoms with van der Waals surface area (Å²) in [5, 5.41) is 0. The Bertz CT molecular complexity index is 411. The average Bonchev–Trinajstić information content (AvgIpc) is 2.39. The lowest BCUT2D eigenvalue weighted by molar-refractivity contribution is -0.121. The zero-order chi connectivity index (χ0) is 12.3. The van der Waals surface area contributed by atoms with E-state index < -0.39 is 0 Å². The van der Waals surface area contributed by atoms with Gasteiger partial charge in [-0.1, -0.05) is 0 Å². The minimum absolute atomic E-state index is 0.0971. The van der Waals surface area contributed by atoms with Crippen LogP contribution < -0.4 is 0 Å². The maximum atomic E-state index is 12.0. The number of Topliss-reactive ketones (excluding diaryl/α,β-unsaturated/α-hetero) is 1. The second kappa shape index (κ2) is 5.03. The fraction of sp³-hybridized carbons (Fsp3) is 0.500. The lowest BCUT2D eigenvalue weighted by Crippen LogP contribution is -2.40. The van der Waals surface area contributed by atoms with E-state index >= 15 is 0 Å². The molecule has 1 aromatic rings. The van der Waals surface area contributed by atoms with Gasteiger partial charge in [0.1, 0.15) is 11.5 Å². The van der Waals surface area contributed by atoms with E-state index in [4.69, 9.17) is 0 Å². The summed E-state index contributed by atoms with van der Waals surface area (Å²) in [6, 6.07) is 0. The van der Waals surface area contributed by atoms with Crippen LogP contribution in [0.25, 0.3) is 0 Å². The largest absolute Gasteiger partial charge is 0.337 e.